The summed E-state index contributed by atoms with van der Waals surface area (Å²) in [6.45, 7) is 1.31. The molecule has 0 amide bonds. The number of ether oxygens (including phenoxy) is 1. The van der Waals surface area contributed by atoms with Gasteiger partial charge in [0.1, 0.15) is 5.75 Å². The molecule has 0 aromatic heterocycles. The number of hydrogen-bond donors (Lipinski definition) is 1. The molecule has 1 aromatic rings. The maximum atomic E-state index is 12.5. The lowest BCUT2D eigenvalue weighted by Gasteiger charge is -2.24. The van der Waals surface area contributed by atoms with Crippen LogP contribution in [0.4, 0.5) is 8.78 Å². The molecule has 0 aliphatic carbocycles. The van der Waals surface area contributed by atoms with Crippen LogP contribution in [0, 0.1) is 0 Å². The van der Waals surface area contributed by atoms with Crippen LogP contribution in [0.25, 0.3) is 0 Å². The molecule has 0 bridgehead atoms. The molecule has 2 N–H and O–H groups in total. The van der Waals surface area contributed by atoms with Gasteiger partial charge in [-0.05, 0) is 24.6 Å². The van der Waals surface area contributed by atoms with Crippen LogP contribution >= 0.6 is 0 Å². The summed E-state index contributed by atoms with van der Waals surface area (Å²) in [5.74, 6) is 0.624. The minimum absolute atomic E-state index is 0.397. The maximum absolute atomic E-state index is 12.5. The van der Waals surface area contributed by atoms with E-state index >= 15 is 0 Å². The van der Waals surface area contributed by atoms with Crippen molar-refractivity contribution in [3.63, 3.8) is 0 Å². The Kier molecular flexibility index (Phi) is 3.06. The Labute approximate surface area is 81.7 Å². The lowest BCUT2D eigenvalue weighted by molar-refractivity contribution is 0.0625. The zero-order chi connectivity index (χ0) is 10.8. The molecule has 0 aliphatic heterocycles. The molecule has 1 rings (SSSR count). The highest BCUT2D eigenvalue weighted by atomic mass is 19.3. The summed E-state index contributed by atoms with van der Waals surface area (Å²) in [6.07, 6.45) is -2.59. The lowest BCUT2D eigenvalue weighted by Crippen LogP contribution is -2.40. The van der Waals surface area contributed by atoms with Gasteiger partial charge in [-0.1, -0.05) is 12.1 Å². The van der Waals surface area contributed by atoms with E-state index in [0.29, 0.717) is 11.3 Å². The SMILES string of the molecule is COc1ccc([C@@](C)(N)C(F)F)cc1. The predicted octanol–water partition coefficient (Wildman–Crippen LogP) is 2.13. The highest BCUT2D eigenvalue weighted by Crippen LogP contribution is 2.26. The van der Waals surface area contributed by atoms with Crippen molar-refractivity contribution in [2.45, 2.75) is 18.9 Å². The van der Waals surface area contributed by atoms with Gasteiger partial charge < -0.3 is 10.5 Å². The fraction of sp³-hybridized carbons (Fsp3) is 0.400. The summed E-state index contributed by atoms with van der Waals surface area (Å²) in [5, 5.41) is 0. The van der Waals surface area contributed by atoms with Crippen LogP contribution in [0.2, 0.25) is 0 Å². The molecule has 78 valence electrons. The second-order valence-corrected chi connectivity index (χ2v) is 3.31. The van der Waals surface area contributed by atoms with Gasteiger partial charge in [0.15, 0.2) is 0 Å². The summed E-state index contributed by atoms with van der Waals surface area (Å²) in [7, 11) is 1.52. The van der Waals surface area contributed by atoms with E-state index < -0.39 is 12.0 Å². The molecule has 0 heterocycles. The van der Waals surface area contributed by atoms with Gasteiger partial charge in [0.25, 0.3) is 6.43 Å². The first-order chi connectivity index (χ1) is 6.48. The first kappa shape index (κ1) is 10.9. The van der Waals surface area contributed by atoms with Crippen molar-refractivity contribution >= 4 is 0 Å². The molecule has 0 saturated heterocycles. The Balaban J connectivity index is 2.97. The monoisotopic (exact) mass is 201 g/mol. The Bertz CT molecular complexity index is 295. The van der Waals surface area contributed by atoms with Gasteiger partial charge in [0.05, 0.1) is 12.6 Å². The second-order valence-electron chi connectivity index (χ2n) is 3.31. The summed E-state index contributed by atoms with van der Waals surface area (Å²) in [5.41, 5.74) is 4.27. The normalized spacial score (nSPS) is 15.3. The van der Waals surface area contributed by atoms with Crippen LogP contribution in [0.5, 0.6) is 5.75 Å². The predicted molar refractivity (Wildman–Crippen MR) is 50.5 cm³/mol. The smallest absolute Gasteiger partial charge is 0.260 e. The van der Waals surface area contributed by atoms with Crippen LogP contribution in [0.3, 0.4) is 0 Å². The van der Waals surface area contributed by atoms with E-state index in [-0.39, 0.29) is 0 Å². The average molecular weight is 201 g/mol. The number of methoxy groups -OCH3 is 1. The number of benzene rings is 1. The first-order valence-corrected chi connectivity index (χ1v) is 4.20. The molecular weight excluding hydrogens is 188 g/mol. The van der Waals surface area contributed by atoms with Crippen molar-refractivity contribution < 1.29 is 13.5 Å². The molecule has 1 atom stereocenters. The van der Waals surface area contributed by atoms with E-state index in [9.17, 15) is 8.78 Å². The van der Waals surface area contributed by atoms with Gasteiger partial charge >= 0.3 is 0 Å². The van der Waals surface area contributed by atoms with Gasteiger partial charge in [-0.3, -0.25) is 0 Å². The van der Waals surface area contributed by atoms with Gasteiger partial charge in [-0.25, -0.2) is 8.78 Å². The Morgan fingerprint density at radius 2 is 1.79 bits per heavy atom. The van der Waals surface area contributed by atoms with Crippen LogP contribution in [-0.2, 0) is 5.54 Å². The minimum atomic E-state index is -2.59. The van der Waals surface area contributed by atoms with Gasteiger partial charge in [0, 0.05) is 0 Å². The summed E-state index contributed by atoms with van der Waals surface area (Å²) < 4.78 is 30.0. The van der Waals surface area contributed by atoms with E-state index in [1.54, 1.807) is 24.3 Å². The standard InChI is InChI=1S/C10H13F2NO/c1-10(13,9(11)12)7-3-5-8(14-2)6-4-7/h3-6,9H,13H2,1-2H3/t10-/m1/s1. The lowest BCUT2D eigenvalue weighted by atomic mass is 9.94. The molecule has 1 aromatic carbocycles. The first-order valence-electron chi connectivity index (χ1n) is 4.20. The molecule has 0 radical (unpaired) electrons. The second kappa shape index (κ2) is 3.92. The maximum Gasteiger partial charge on any atom is 0.260 e. The topological polar surface area (TPSA) is 35.2 Å². The van der Waals surface area contributed by atoms with E-state index in [1.807, 2.05) is 0 Å². The van der Waals surface area contributed by atoms with Crippen LogP contribution < -0.4 is 10.5 Å². The van der Waals surface area contributed by atoms with Crippen molar-refractivity contribution in [2.75, 3.05) is 7.11 Å². The minimum Gasteiger partial charge on any atom is -0.497 e. The van der Waals surface area contributed by atoms with Crippen molar-refractivity contribution in [1.29, 1.82) is 0 Å². The van der Waals surface area contributed by atoms with Gasteiger partial charge in [-0.15, -0.1) is 0 Å². The fourth-order valence-corrected chi connectivity index (χ4v) is 1.08. The number of hydrogen-bond acceptors (Lipinski definition) is 2. The molecule has 0 saturated carbocycles. The van der Waals surface area contributed by atoms with Crippen molar-refractivity contribution in [3.8, 4) is 5.75 Å². The van der Waals surface area contributed by atoms with E-state index in [2.05, 4.69) is 0 Å². The molecule has 0 aliphatic rings. The fourth-order valence-electron chi connectivity index (χ4n) is 1.08. The Morgan fingerprint density at radius 3 is 2.14 bits per heavy atom. The zero-order valence-corrected chi connectivity index (χ0v) is 8.13. The van der Waals surface area contributed by atoms with Crippen molar-refractivity contribution in [3.05, 3.63) is 29.8 Å². The van der Waals surface area contributed by atoms with Crippen molar-refractivity contribution in [1.82, 2.24) is 0 Å². The average Bonchev–Trinajstić information content (AvgIpc) is 2.17. The summed E-state index contributed by atoms with van der Waals surface area (Å²) in [4.78, 5) is 0. The molecule has 0 unspecified atom stereocenters. The van der Waals surface area contributed by atoms with Crippen molar-refractivity contribution in [2.24, 2.45) is 5.73 Å². The largest absolute Gasteiger partial charge is 0.497 e. The summed E-state index contributed by atoms with van der Waals surface area (Å²) in [6, 6.07) is 6.32. The molecule has 14 heavy (non-hydrogen) atoms. The van der Waals surface area contributed by atoms with Crippen LogP contribution in [0.1, 0.15) is 12.5 Å². The van der Waals surface area contributed by atoms with Crippen LogP contribution in [-0.4, -0.2) is 13.5 Å². The molecular formula is C10H13F2NO. The quantitative estimate of drug-likeness (QED) is 0.813. The third-order valence-electron chi connectivity index (χ3n) is 2.17. The Hall–Kier alpha value is -1.16. The van der Waals surface area contributed by atoms with E-state index in [0.717, 1.165) is 0 Å². The number of nitrogens with two attached hydrogens (primary N) is 1. The number of halogens is 2. The molecule has 2 nitrogen and oxygen atoms in total. The zero-order valence-electron chi connectivity index (χ0n) is 8.13. The highest BCUT2D eigenvalue weighted by molar-refractivity contribution is 5.31. The molecule has 0 spiro atoms. The Morgan fingerprint density at radius 1 is 1.29 bits per heavy atom. The summed E-state index contributed by atoms with van der Waals surface area (Å²) >= 11 is 0. The number of rotatable bonds is 3. The van der Waals surface area contributed by atoms with Gasteiger partial charge in [0.2, 0.25) is 0 Å². The third kappa shape index (κ3) is 2.01. The molecule has 0 fully saturated rings. The van der Waals surface area contributed by atoms with E-state index in [4.69, 9.17) is 10.5 Å². The molecule has 4 heteroatoms. The van der Waals surface area contributed by atoms with E-state index in [1.165, 1.54) is 14.0 Å². The highest BCUT2D eigenvalue weighted by Gasteiger charge is 2.32. The van der Waals surface area contributed by atoms with Gasteiger partial charge in [-0.2, -0.15) is 0 Å². The van der Waals surface area contributed by atoms with Crippen LogP contribution in [0.15, 0.2) is 24.3 Å². The number of alkyl halides is 2. The third-order valence-corrected chi connectivity index (χ3v) is 2.17.